The van der Waals surface area contributed by atoms with Crippen molar-refractivity contribution in [3.8, 4) is 5.75 Å². The number of hydrogen-bond donors (Lipinski definition) is 13. The summed E-state index contributed by atoms with van der Waals surface area (Å²) in [5.74, 6) is -7.91. The number of nitrogens with zero attached hydrogens (tertiary/aromatic N) is 1. The summed E-state index contributed by atoms with van der Waals surface area (Å²) < 4.78 is 42.1. The lowest BCUT2D eigenvalue weighted by Gasteiger charge is -2.33. The summed E-state index contributed by atoms with van der Waals surface area (Å²) in [5, 5.41) is 48.9. The molecule has 2 aliphatic heterocycles. The zero-order chi connectivity index (χ0) is 45.1. The fourth-order valence-electron chi connectivity index (χ4n) is 7.04. The molecule has 4 rings (SSSR count). The molecule has 0 saturated carbocycles. The van der Waals surface area contributed by atoms with Crippen molar-refractivity contribution in [2.24, 2.45) is 11.7 Å². The largest absolute Gasteiger partial charge is 0.610 e. The van der Waals surface area contributed by atoms with Crippen LogP contribution in [-0.4, -0.2) is 175 Å². The number of H-pyrrole nitrogens is 1. The van der Waals surface area contributed by atoms with Gasteiger partial charge in [0, 0.05) is 67.1 Å². The molecule has 24 nitrogen and oxygen atoms in total. The van der Waals surface area contributed by atoms with E-state index in [1.807, 2.05) is 0 Å². The molecule has 2 aliphatic rings. The Labute approximate surface area is 354 Å². The molecule has 0 aliphatic carbocycles. The van der Waals surface area contributed by atoms with Gasteiger partial charge in [0.25, 0.3) is 11.0 Å². The molecule has 0 radical (unpaired) electrons. The van der Waals surface area contributed by atoms with Gasteiger partial charge in [0.2, 0.25) is 46.4 Å². The van der Waals surface area contributed by atoms with Gasteiger partial charge in [0.15, 0.2) is 6.04 Å². The standard InChI is InChI=1S/C35H52N10O14S2/c1-16(26(48)14-46)30-34(55)42-23(31(52)39-11-28(50)38-3)9-21-20-5-4-19(59-61(57)58)8-22(20)43-35(21)60(56)15-24(41-29(51)10-37-2)32(53)40-17(6-27(36)49)12-45-13-18(47)7-25(45)33(54)44-30/h4-5,8,16-18,23-26,30,37,43,46-48,61H,6-7,9-15H2,1-3H3,(H2,36,49)(H,38,50)(H,39,52)(H,40,53)(H,41,51)(H,42,55)(H,44,54)/t16-,17-,18+,23-,24-,25-,26-,30-,60?/m0/s1. The number of carbonyl (C=O) groups excluding carboxylic acids is 7. The van der Waals surface area contributed by atoms with E-state index in [4.69, 9.17) is 9.92 Å². The quantitative estimate of drug-likeness (QED) is 0.0656. The van der Waals surface area contributed by atoms with Crippen LogP contribution in [0.5, 0.6) is 5.75 Å². The van der Waals surface area contributed by atoms with Crippen LogP contribution in [0.25, 0.3) is 10.9 Å². The Balaban J connectivity index is 1.94. The van der Waals surface area contributed by atoms with E-state index in [9.17, 15) is 61.9 Å². The second-order valence-corrected chi connectivity index (χ2v) is 16.7. The Hall–Kier alpha value is -5.09. The lowest BCUT2D eigenvalue weighted by atomic mass is 9.94. The lowest BCUT2D eigenvalue weighted by Crippen LogP contribution is -2.61. The number of carbonyl (C=O) groups is 7. The maximum Gasteiger partial charge on any atom is 0.299 e. The van der Waals surface area contributed by atoms with Crippen LogP contribution in [-0.2, 0) is 62.1 Å². The third kappa shape index (κ3) is 13.2. The Morgan fingerprint density at radius 3 is 2.41 bits per heavy atom. The molecule has 61 heavy (non-hydrogen) atoms. The highest BCUT2D eigenvalue weighted by Gasteiger charge is 2.42. The van der Waals surface area contributed by atoms with Crippen LogP contribution in [0.2, 0.25) is 0 Å². The summed E-state index contributed by atoms with van der Waals surface area (Å²) in [7, 11) is -0.577. The highest BCUT2D eigenvalue weighted by atomic mass is 32.2. The number of nitrogens with two attached hydrogens (primary N) is 1. The maximum absolute atomic E-state index is 14.5. The Morgan fingerprint density at radius 2 is 1.77 bits per heavy atom. The van der Waals surface area contributed by atoms with E-state index < -0.39 is 144 Å². The molecule has 7 amide bonds. The summed E-state index contributed by atoms with van der Waals surface area (Å²) in [6, 6.07) is -3.30. The Bertz CT molecular complexity index is 2030. The molecule has 1 unspecified atom stereocenters. The van der Waals surface area contributed by atoms with Gasteiger partial charge < -0.3 is 72.0 Å². The molecular weight excluding hydrogens is 849 g/mol. The van der Waals surface area contributed by atoms with Crippen LogP contribution in [0.4, 0.5) is 0 Å². The number of rotatable bonds is 13. The Kier molecular flexibility index (Phi) is 17.6. The first-order valence-corrected chi connectivity index (χ1v) is 21.4. The van der Waals surface area contributed by atoms with Gasteiger partial charge in [-0.25, -0.2) is 0 Å². The van der Waals surface area contributed by atoms with Crippen molar-refractivity contribution in [3.05, 3.63) is 23.8 Å². The van der Waals surface area contributed by atoms with E-state index in [2.05, 4.69) is 42.2 Å². The number of primary amides is 1. The summed E-state index contributed by atoms with van der Waals surface area (Å²) >= 11 is -2.30. The molecule has 3 heterocycles. The van der Waals surface area contributed by atoms with Gasteiger partial charge >= 0.3 is 0 Å². The van der Waals surface area contributed by atoms with E-state index in [0.717, 1.165) is 0 Å². The first kappa shape index (κ1) is 48.6. The van der Waals surface area contributed by atoms with Gasteiger partial charge in [0.1, 0.15) is 23.6 Å². The minimum Gasteiger partial charge on any atom is -0.610 e. The summed E-state index contributed by atoms with van der Waals surface area (Å²) in [6.45, 7) is -0.729. The average Bonchev–Trinajstić information content (AvgIpc) is 3.75. The van der Waals surface area contributed by atoms with Crippen molar-refractivity contribution in [1.29, 1.82) is 0 Å². The minimum absolute atomic E-state index is 0.0832. The fourth-order valence-corrected chi connectivity index (χ4v) is 8.73. The number of likely N-dealkylation sites (N-methyl/N-ethyl adjacent to an activating group) is 2. The zero-order valence-electron chi connectivity index (χ0n) is 33.4. The predicted octanol–water partition coefficient (Wildman–Crippen LogP) is -6.94. The van der Waals surface area contributed by atoms with Crippen LogP contribution >= 0.6 is 0 Å². The molecule has 1 saturated heterocycles. The van der Waals surface area contributed by atoms with Crippen LogP contribution in [0.3, 0.4) is 0 Å². The minimum atomic E-state index is -3.37. The third-order valence-electron chi connectivity index (χ3n) is 10.1. The van der Waals surface area contributed by atoms with E-state index in [1.165, 1.54) is 44.1 Å². The molecule has 13 N–H and O–H groups in total. The zero-order valence-corrected chi connectivity index (χ0v) is 35.1. The topological polar surface area (TPSA) is 376 Å². The van der Waals surface area contributed by atoms with Crippen molar-refractivity contribution in [1.82, 2.24) is 47.1 Å². The van der Waals surface area contributed by atoms with E-state index in [1.54, 1.807) is 0 Å². The molecule has 338 valence electrons. The number of aromatic amines is 1. The molecular formula is C35H52N10O14S2. The number of benzene rings is 1. The van der Waals surface area contributed by atoms with Gasteiger partial charge in [-0.05, 0) is 25.6 Å². The van der Waals surface area contributed by atoms with Crippen molar-refractivity contribution in [2.75, 3.05) is 52.6 Å². The average molecular weight is 901 g/mol. The summed E-state index contributed by atoms with van der Waals surface area (Å²) in [6.07, 6.45) is -3.85. The summed E-state index contributed by atoms with van der Waals surface area (Å²) in [4.78, 5) is 97.9. The van der Waals surface area contributed by atoms with Gasteiger partial charge in [0.05, 0.1) is 49.5 Å². The van der Waals surface area contributed by atoms with E-state index in [0.29, 0.717) is 0 Å². The van der Waals surface area contributed by atoms with Crippen molar-refractivity contribution in [3.63, 3.8) is 0 Å². The van der Waals surface area contributed by atoms with Gasteiger partial charge in [-0.15, -0.1) is 0 Å². The molecule has 9 atom stereocenters. The number of aliphatic hydroxyl groups is 3. The normalized spacial score (nSPS) is 25.4. The second-order valence-electron chi connectivity index (χ2n) is 14.6. The van der Waals surface area contributed by atoms with Crippen LogP contribution in [0.1, 0.15) is 25.3 Å². The van der Waals surface area contributed by atoms with Crippen molar-refractivity contribution in [2.45, 2.75) is 73.6 Å². The molecule has 0 spiro atoms. The van der Waals surface area contributed by atoms with Crippen LogP contribution in [0, 0.1) is 5.92 Å². The van der Waals surface area contributed by atoms with E-state index in [-0.39, 0.29) is 53.3 Å². The van der Waals surface area contributed by atoms with Crippen molar-refractivity contribution < 1.29 is 66.0 Å². The maximum atomic E-state index is 14.5. The molecule has 26 heteroatoms. The van der Waals surface area contributed by atoms with Crippen molar-refractivity contribution >= 4 is 74.4 Å². The van der Waals surface area contributed by atoms with E-state index >= 15 is 0 Å². The lowest BCUT2D eigenvalue weighted by molar-refractivity contribution is -0.136. The number of thiol groups is 1. The van der Waals surface area contributed by atoms with Gasteiger partial charge in [-0.1, -0.05) is 6.92 Å². The molecule has 0 bridgehead atoms. The highest BCUT2D eigenvalue weighted by Crippen LogP contribution is 2.31. The molecule has 1 aromatic heterocycles. The predicted molar refractivity (Wildman–Crippen MR) is 215 cm³/mol. The molecule has 1 fully saturated rings. The van der Waals surface area contributed by atoms with Crippen LogP contribution < -0.4 is 47.1 Å². The fraction of sp³-hybridized carbons (Fsp3) is 0.571. The van der Waals surface area contributed by atoms with Crippen LogP contribution in [0.15, 0.2) is 23.2 Å². The first-order valence-electron chi connectivity index (χ1n) is 19.0. The number of fused-ring (bicyclic) bond motifs is 4. The number of nitrogens with one attached hydrogen (secondary N) is 8. The van der Waals surface area contributed by atoms with Gasteiger partial charge in [-0.3, -0.25) is 38.5 Å². The first-order chi connectivity index (χ1) is 28.8. The number of amides is 7. The summed E-state index contributed by atoms with van der Waals surface area (Å²) in [5.41, 5.74) is 5.74. The number of hydrogen-bond acceptors (Lipinski definition) is 16. The monoisotopic (exact) mass is 900 g/mol. The number of aromatic nitrogens is 1. The molecule has 2 aromatic rings. The smallest absolute Gasteiger partial charge is 0.299 e. The second kappa shape index (κ2) is 22.1. The molecule has 1 aromatic carbocycles. The third-order valence-corrected chi connectivity index (χ3v) is 11.9. The number of aliphatic hydroxyl groups excluding tert-OH is 3. The Morgan fingerprint density at radius 1 is 1.05 bits per heavy atom. The highest BCUT2D eigenvalue weighted by molar-refractivity contribution is 7.91. The SMILES string of the molecule is CNCC(=O)N[C@H]1C[S+]([O-])c2[nH]c3cc(O[SH](=O)=O)ccc3c2C[C@@H](C(=O)NCC(=O)NC)NC(=O)[C@H]([C@@H](C)[C@@H](O)CO)NC(=O)[C@@H]2C[C@@H](O)CN2C[C@H](CC(N)=O)NC1=O. The van der Waals surface area contributed by atoms with Gasteiger partial charge in [-0.2, -0.15) is 8.42 Å².